The number of aromatic nitrogens is 3. The van der Waals surface area contributed by atoms with Crippen molar-refractivity contribution in [3.8, 4) is 11.3 Å². The zero-order valence-corrected chi connectivity index (χ0v) is 16.2. The van der Waals surface area contributed by atoms with Crippen LogP contribution in [0.25, 0.3) is 11.3 Å². The lowest BCUT2D eigenvalue weighted by Crippen LogP contribution is -2.23. The van der Waals surface area contributed by atoms with E-state index in [4.69, 9.17) is 0 Å². The van der Waals surface area contributed by atoms with Gasteiger partial charge >= 0.3 is 0 Å². The molecule has 0 saturated carbocycles. The number of nitrogens with zero attached hydrogens (tertiary/aromatic N) is 3. The molecule has 0 fully saturated rings. The van der Waals surface area contributed by atoms with Gasteiger partial charge in [-0.25, -0.2) is 4.98 Å². The van der Waals surface area contributed by atoms with E-state index in [-0.39, 0.29) is 5.91 Å². The molecule has 0 aliphatic carbocycles. The van der Waals surface area contributed by atoms with Crippen molar-refractivity contribution >= 4 is 17.7 Å². The Kier molecular flexibility index (Phi) is 5.42. The Hall–Kier alpha value is -2.60. The van der Waals surface area contributed by atoms with Gasteiger partial charge in [-0.1, -0.05) is 30.0 Å². The number of hydrogen-bond acceptors (Lipinski definition) is 4. The number of carbonyl (C=O) groups excluding carboxylic acids is 1. The van der Waals surface area contributed by atoms with Gasteiger partial charge in [0.2, 0.25) is 0 Å². The van der Waals surface area contributed by atoms with Gasteiger partial charge in [-0.05, 0) is 43.9 Å². The SMILES string of the molecule is CSc1ncc(CNC(=O)c2ccc(-c3ccc(C)c(C)n3)cc2)n1C. The van der Waals surface area contributed by atoms with Gasteiger partial charge in [0.05, 0.1) is 24.1 Å². The summed E-state index contributed by atoms with van der Waals surface area (Å²) in [5.74, 6) is -0.100. The van der Waals surface area contributed by atoms with Gasteiger partial charge in [0.1, 0.15) is 0 Å². The van der Waals surface area contributed by atoms with Gasteiger partial charge in [-0.2, -0.15) is 0 Å². The van der Waals surface area contributed by atoms with E-state index in [0.29, 0.717) is 12.1 Å². The summed E-state index contributed by atoms with van der Waals surface area (Å²) >= 11 is 1.58. The van der Waals surface area contributed by atoms with Crippen LogP contribution in [0.3, 0.4) is 0 Å². The number of carbonyl (C=O) groups is 1. The Balaban J connectivity index is 1.68. The molecule has 5 nitrogen and oxygen atoms in total. The topological polar surface area (TPSA) is 59.8 Å². The predicted molar refractivity (Wildman–Crippen MR) is 105 cm³/mol. The summed E-state index contributed by atoms with van der Waals surface area (Å²) in [6, 6.07) is 11.6. The van der Waals surface area contributed by atoms with Crippen LogP contribution in [0, 0.1) is 13.8 Å². The van der Waals surface area contributed by atoms with Crippen LogP contribution in [-0.4, -0.2) is 26.7 Å². The highest BCUT2D eigenvalue weighted by Crippen LogP contribution is 2.19. The first-order chi connectivity index (χ1) is 12.5. The third kappa shape index (κ3) is 3.80. The smallest absolute Gasteiger partial charge is 0.251 e. The Morgan fingerprint density at radius 1 is 1.15 bits per heavy atom. The number of amides is 1. The van der Waals surface area contributed by atoms with Gasteiger partial charge in [0.25, 0.3) is 5.91 Å². The molecule has 0 spiro atoms. The molecule has 0 radical (unpaired) electrons. The molecule has 1 N–H and O–H groups in total. The van der Waals surface area contributed by atoms with Crippen molar-refractivity contribution in [3.63, 3.8) is 0 Å². The van der Waals surface area contributed by atoms with Crippen LogP contribution in [0.2, 0.25) is 0 Å². The molecule has 0 saturated heterocycles. The molecule has 0 unspecified atom stereocenters. The van der Waals surface area contributed by atoms with Crippen molar-refractivity contribution < 1.29 is 4.79 Å². The molecule has 3 rings (SSSR count). The number of benzene rings is 1. The number of imidazole rings is 1. The molecule has 26 heavy (non-hydrogen) atoms. The van der Waals surface area contributed by atoms with Gasteiger partial charge in [0, 0.05) is 23.9 Å². The minimum atomic E-state index is -0.100. The normalized spacial score (nSPS) is 10.8. The van der Waals surface area contributed by atoms with Crippen LogP contribution in [0.4, 0.5) is 0 Å². The maximum absolute atomic E-state index is 12.4. The highest BCUT2D eigenvalue weighted by Gasteiger charge is 2.10. The van der Waals surface area contributed by atoms with Gasteiger partial charge in [-0.3, -0.25) is 9.78 Å². The molecule has 0 aliphatic rings. The van der Waals surface area contributed by atoms with Crippen molar-refractivity contribution in [1.29, 1.82) is 0 Å². The van der Waals surface area contributed by atoms with Gasteiger partial charge in [0.15, 0.2) is 5.16 Å². The zero-order chi connectivity index (χ0) is 18.7. The zero-order valence-electron chi connectivity index (χ0n) is 15.4. The summed E-state index contributed by atoms with van der Waals surface area (Å²) in [6.45, 7) is 4.49. The maximum Gasteiger partial charge on any atom is 0.251 e. The quantitative estimate of drug-likeness (QED) is 0.699. The van der Waals surface area contributed by atoms with Crippen LogP contribution in [0.5, 0.6) is 0 Å². The summed E-state index contributed by atoms with van der Waals surface area (Å²) in [4.78, 5) is 21.3. The van der Waals surface area contributed by atoms with E-state index in [1.54, 1.807) is 18.0 Å². The Morgan fingerprint density at radius 3 is 2.50 bits per heavy atom. The molecular weight excluding hydrogens is 344 g/mol. The van der Waals surface area contributed by atoms with Crippen LogP contribution < -0.4 is 5.32 Å². The first kappa shape index (κ1) is 18.2. The van der Waals surface area contributed by atoms with Crippen LogP contribution in [0.15, 0.2) is 47.8 Å². The lowest BCUT2D eigenvalue weighted by Gasteiger charge is -2.08. The van der Waals surface area contributed by atoms with E-state index in [1.807, 2.05) is 62.0 Å². The number of thioether (sulfide) groups is 1. The molecule has 1 amide bonds. The van der Waals surface area contributed by atoms with E-state index in [1.165, 1.54) is 5.56 Å². The minimum absolute atomic E-state index is 0.100. The van der Waals surface area contributed by atoms with E-state index in [0.717, 1.165) is 27.8 Å². The second-order valence-corrected chi connectivity index (χ2v) is 6.93. The summed E-state index contributed by atoms with van der Waals surface area (Å²) < 4.78 is 1.99. The van der Waals surface area contributed by atoms with E-state index in [9.17, 15) is 4.79 Å². The van der Waals surface area contributed by atoms with Crippen LogP contribution >= 0.6 is 11.8 Å². The predicted octanol–water partition coefficient (Wildman–Crippen LogP) is 3.75. The minimum Gasteiger partial charge on any atom is -0.346 e. The summed E-state index contributed by atoms with van der Waals surface area (Å²) in [5.41, 5.74) is 5.71. The molecular formula is C20H22N4OS. The Bertz CT molecular complexity index is 931. The van der Waals surface area contributed by atoms with Gasteiger partial charge in [-0.15, -0.1) is 0 Å². The van der Waals surface area contributed by atoms with Crippen molar-refractivity contribution in [2.75, 3.05) is 6.26 Å². The average Bonchev–Trinajstić information content (AvgIpc) is 3.02. The van der Waals surface area contributed by atoms with Crippen molar-refractivity contribution in [3.05, 3.63) is 65.1 Å². The molecule has 0 aliphatic heterocycles. The Labute approximate surface area is 157 Å². The van der Waals surface area contributed by atoms with Crippen molar-refractivity contribution in [1.82, 2.24) is 19.9 Å². The van der Waals surface area contributed by atoms with Crippen LogP contribution in [-0.2, 0) is 13.6 Å². The number of pyridine rings is 1. The molecule has 0 atom stereocenters. The first-order valence-electron chi connectivity index (χ1n) is 8.37. The second-order valence-electron chi connectivity index (χ2n) is 6.15. The standard InChI is InChI=1S/C20H22N4OS/c1-13-5-10-18(23-14(13)2)15-6-8-16(9-7-15)19(25)21-11-17-12-22-20(26-4)24(17)3/h5-10,12H,11H2,1-4H3,(H,21,25). The lowest BCUT2D eigenvalue weighted by molar-refractivity contribution is 0.0950. The molecule has 134 valence electrons. The third-order valence-corrected chi connectivity index (χ3v) is 5.19. The second kappa shape index (κ2) is 7.74. The number of hydrogen-bond donors (Lipinski definition) is 1. The number of rotatable bonds is 5. The molecule has 1 aromatic carbocycles. The molecule has 2 heterocycles. The third-order valence-electron chi connectivity index (χ3n) is 4.45. The lowest BCUT2D eigenvalue weighted by atomic mass is 10.1. The maximum atomic E-state index is 12.4. The largest absolute Gasteiger partial charge is 0.346 e. The highest BCUT2D eigenvalue weighted by molar-refractivity contribution is 7.98. The van der Waals surface area contributed by atoms with Crippen LogP contribution in [0.1, 0.15) is 27.3 Å². The number of nitrogens with one attached hydrogen (secondary N) is 1. The van der Waals surface area contributed by atoms with E-state index in [2.05, 4.69) is 21.4 Å². The van der Waals surface area contributed by atoms with Crippen molar-refractivity contribution in [2.24, 2.45) is 7.05 Å². The first-order valence-corrected chi connectivity index (χ1v) is 9.59. The molecule has 2 aromatic heterocycles. The monoisotopic (exact) mass is 366 g/mol. The van der Waals surface area contributed by atoms with Gasteiger partial charge < -0.3 is 9.88 Å². The van der Waals surface area contributed by atoms with E-state index >= 15 is 0 Å². The van der Waals surface area contributed by atoms with Crippen molar-refractivity contribution in [2.45, 2.75) is 25.5 Å². The summed E-state index contributed by atoms with van der Waals surface area (Å²) in [6.07, 6.45) is 3.78. The number of aryl methyl sites for hydroxylation is 2. The fraction of sp³-hybridized carbons (Fsp3) is 0.250. The Morgan fingerprint density at radius 2 is 1.88 bits per heavy atom. The molecule has 6 heteroatoms. The van der Waals surface area contributed by atoms with E-state index < -0.39 is 0 Å². The molecule has 0 bridgehead atoms. The fourth-order valence-corrected chi connectivity index (χ4v) is 3.19. The summed E-state index contributed by atoms with van der Waals surface area (Å²) in [7, 11) is 1.95. The fourth-order valence-electron chi connectivity index (χ4n) is 2.64. The molecule has 3 aromatic rings. The summed E-state index contributed by atoms with van der Waals surface area (Å²) in [5, 5.41) is 3.87. The highest BCUT2D eigenvalue weighted by atomic mass is 32.2. The average molecular weight is 366 g/mol.